The van der Waals surface area contributed by atoms with Crippen molar-refractivity contribution < 1.29 is 36.1 Å². The van der Waals surface area contributed by atoms with E-state index in [9.17, 15) is 26.8 Å². The van der Waals surface area contributed by atoms with Gasteiger partial charge in [0.15, 0.2) is 6.10 Å². The van der Waals surface area contributed by atoms with Crippen molar-refractivity contribution in [2.45, 2.75) is 18.3 Å². The lowest BCUT2D eigenvalue weighted by Gasteiger charge is -2.20. The molecule has 0 aliphatic heterocycles. The van der Waals surface area contributed by atoms with Crippen LogP contribution in [0.2, 0.25) is 0 Å². The molecule has 140 valence electrons. The molecular weight excluding hydrogens is 705 g/mol. The fourth-order valence-electron chi connectivity index (χ4n) is 1.49. The van der Waals surface area contributed by atoms with Crippen molar-refractivity contribution in [1.82, 2.24) is 5.32 Å². The molecule has 0 heterocycles. The molecule has 0 radical (unpaired) electrons. The van der Waals surface area contributed by atoms with E-state index in [1.54, 1.807) is 6.07 Å². The fourth-order valence-corrected chi connectivity index (χ4v) is 4.35. The van der Waals surface area contributed by atoms with E-state index in [0.29, 0.717) is 16.1 Å². The summed E-state index contributed by atoms with van der Waals surface area (Å²) in [5, 5.41) is -2.45. The number of nitrogens with one attached hydrogen (secondary N) is 1. The minimum Gasteiger partial charge on any atom is -0.454 e. The van der Waals surface area contributed by atoms with Crippen molar-refractivity contribution in [3.63, 3.8) is 0 Å². The number of hydrogen-bond acceptors (Lipinski definition) is 5. The van der Waals surface area contributed by atoms with Gasteiger partial charge >= 0.3 is 21.3 Å². The lowest BCUT2D eigenvalue weighted by molar-refractivity contribution is -0.158. The smallest absolute Gasteiger partial charge is 0.405 e. The van der Waals surface area contributed by atoms with Crippen molar-refractivity contribution in [3.05, 3.63) is 28.4 Å². The summed E-state index contributed by atoms with van der Waals surface area (Å²) in [6.45, 7) is -0.138. The molecule has 0 saturated heterocycles. The Morgan fingerprint density at radius 1 is 1.32 bits per heavy atom. The van der Waals surface area contributed by atoms with E-state index < -0.39 is 39.9 Å². The van der Waals surface area contributed by atoms with Crippen LogP contribution in [0.5, 0.6) is 0 Å². The molecular formula is C12H10F2I3NO6S. The van der Waals surface area contributed by atoms with Crippen LogP contribution in [0.3, 0.4) is 0 Å². The molecule has 2 N–H and O–H groups in total. The van der Waals surface area contributed by atoms with Crippen LogP contribution in [0.15, 0.2) is 12.1 Å². The molecule has 1 rings (SSSR count). The first-order valence-corrected chi connectivity index (χ1v) is 10.9. The van der Waals surface area contributed by atoms with Crippen molar-refractivity contribution in [2.24, 2.45) is 0 Å². The van der Waals surface area contributed by atoms with Crippen molar-refractivity contribution in [1.29, 1.82) is 0 Å². The van der Waals surface area contributed by atoms with Gasteiger partial charge in [-0.2, -0.15) is 17.2 Å². The molecule has 25 heavy (non-hydrogen) atoms. The molecule has 0 aliphatic carbocycles. The van der Waals surface area contributed by atoms with E-state index >= 15 is 0 Å². The molecule has 1 unspecified atom stereocenters. The Hall–Kier alpha value is 0.120. The van der Waals surface area contributed by atoms with Crippen molar-refractivity contribution in [2.75, 3.05) is 6.54 Å². The topological polar surface area (TPSA) is 110 Å². The number of halogens is 5. The van der Waals surface area contributed by atoms with Crippen LogP contribution >= 0.6 is 67.8 Å². The van der Waals surface area contributed by atoms with Crippen LogP contribution in [0.25, 0.3) is 0 Å². The molecule has 7 nitrogen and oxygen atoms in total. The number of carbonyl (C=O) groups excluding carboxylic acids is 2. The van der Waals surface area contributed by atoms with Gasteiger partial charge in [0.1, 0.15) is 6.54 Å². The van der Waals surface area contributed by atoms with Crippen LogP contribution < -0.4 is 5.32 Å². The second kappa shape index (κ2) is 8.87. The molecule has 0 spiro atoms. The number of rotatable bonds is 6. The van der Waals surface area contributed by atoms with Gasteiger partial charge in [0.05, 0.1) is 5.56 Å². The summed E-state index contributed by atoms with van der Waals surface area (Å²) in [6.07, 6.45) is -2.43. The fraction of sp³-hybridized carbons (Fsp3) is 0.333. The largest absolute Gasteiger partial charge is 0.454 e. The molecule has 0 aliphatic rings. The third-order valence-electron chi connectivity index (χ3n) is 2.76. The molecule has 0 aromatic heterocycles. The van der Waals surface area contributed by atoms with Gasteiger partial charge in [-0.3, -0.25) is 14.1 Å². The van der Waals surface area contributed by atoms with E-state index in [1.807, 2.05) is 73.8 Å². The van der Waals surface area contributed by atoms with Gasteiger partial charge in [-0.05, 0) is 86.8 Å². The number of amides is 1. The lowest BCUT2D eigenvalue weighted by atomic mass is 10.2. The van der Waals surface area contributed by atoms with Gasteiger partial charge in [0.25, 0.3) is 5.91 Å². The van der Waals surface area contributed by atoms with Crippen LogP contribution in [0, 0.1) is 10.7 Å². The Labute approximate surface area is 182 Å². The molecule has 1 aromatic rings. The van der Waals surface area contributed by atoms with E-state index in [1.165, 1.54) is 0 Å². The van der Waals surface area contributed by atoms with E-state index in [0.717, 1.165) is 7.14 Å². The summed E-state index contributed by atoms with van der Waals surface area (Å²) >= 11 is 6.00. The lowest BCUT2D eigenvalue weighted by Crippen LogP contribution is -2.43. The zero-order valence-electron chi connectivity index (χ0n) is 12.2. The third-order valence-corrected chi connectivity index (χ3v) is 7.44. The van der Waals surface area contributed by atoms with Crippen LogP contribution in [-0.2, 0) is 19.6 Å². The zero-order chi connectivity index (χ0) is 19.6. The maximum absolute atomic E-state index is 13.3. The minimum atomic E-state index is -5.74. The van der Waals surface area contributed by atoms with Gasteiger partial charge in [-0.15, -0.1) is 0 Å². The average Bonchev–Trinajstić information content (AvgIpc) is 2.47. The number of benzene rings is 1. The Morgan fingerprint density at radius 2 is 1.88 bits per heavy atom. The SMILES string of the molecule is CC(OC(=O)CNC(=O)c1cc(I)cc(I)c1I)C(F)(F)S(=O)(=O)O. The quantitative estimate of drug-likeness (QED) is 0.203. The Kier molecular flexibility index (Phi) is 8.22. The molecule has 1 aromatic carbocycles. The number of ether oxygens (including phenoxy) is 1. The molecule has 1 amide bonds. The zero-order valence-corrected chi connectivity index (χ0v) is 19.5. The van der Waals surface area contributed by atoms with Crippen LogP contribution in [0.4, 0.5) is 8.78 Å². The normalized spacial score (nSPS) is 13.2. The van der Waals surface area contributed by atoms with Gasteiger partial charge in [0, 0.05) is 10.7 Å². The highest BCUT2D eigenvalue weighted by Crippen LogP contribution is 2.27. The molecule has 0 saturated carbocycles. The predicted octanol–water partition coefficient (Wildman–Crippen LogP) is 2.64. The summed E-state index contributed by atoms with van der Waals surface area (Å²) in [4.78, 5) is 23.6. The van der Waals surface area contributed by atoms with Gasteiger partial charge in [-0.25, -0.2) is 0 Å². The first-order valence-electron chi connectivity index (χ1n) is 6.24. The Morgan fingerprint density at radius 3 is 2.40 bits per heavy atom. The number of esters is 1. The van der Waals surface area contributed by atoms with E-state index in [2.05, 4.69) is 10.1 Å². The highest BCUT2D eigenvalue weighted by molar-refractivity contribution is 14.1. The summed E-state index contributed by atoms with van der Waals surface area (Å²) in [5.74, 6) is -1.90. The number of carbonyl (C=O) groups is 2. The minimum absolute atomic E-state index is 0.293. The standard InChI is InChI=1S/C12H10F2I3NO6S/c1-5(12(13,14)25(21,22)23)24-9(19)4-18-11(20)7-2-6(15)3-8(16)10(7)17/h2-3,5H,4H2,1H3,(H,18,20)(H,21,22,23). The van der Waals surface area contributed by atoms with Crippen LogP contribution in [-0.4, -0.2) is 42.8 Å². The summed E-state index contributed by atoms with van der Waals surface area (Å²) in [6, 6.07) is 3.42. The second-order valence-electron chi connectivity index (χ2n) is 4.60. The second-order valence-corrected chi connectivity index (χ2v) is 9.58. The molecule has 13 heteroatoms. The maximum atomic E-state index is 13.3. The monoisotopic (exact) mass is 715 g/mol. The first-order chi connectivity index (χ1) is 11.3. The summed E-state index contributed by atoms with van der Waals surface area (Å²) < 4.78 is 62.7. The summed E-state index contributed by atoms with van der Waals surface area (Å²) in [7, 11) is -5.74. The van der Waals surface area contributed by atoms with E-state index in [-0.39, 0.29) is 0 Å². The first kappa shape index (κ1) is 23.2. The van der Waals surface area contributed by atoms with Crippen LogP contribution in [0.1, 0.15) is 17.3 Å². The molecule has 1 atom stereocenters. The van der Waals surface area contributed by atoms with E-state index in [4.69, 9.17) is 4.55 Å². The van der Waals surface area contributed by atoms with Crippen molar-refractivity contribution in [3.8, 4) is 0 Å². The van der Waals surface area contributed by atoms with Gasteiger partial charge in [0.2, 0.25) is 0 Å². The maximum Gasteiger partial charge on any atom is 0.405 e. The number of alkyl halides is 2. The Balaban J connectivity index is 2.73. The third kappa shape index (κ3) is 6.06. The predicted molar refractivity (Wildman–Crippen MR) is 109 cm³/mol. The molecule has 0 bridgehead atoms. The van der Waals surface area contributed by atoms with Crippen molar-refractivity contribution >= 4 is 89.8 Å². The van der Waals surface area contributed by atoms with Gasteiger partial charge < -0.3 is 10.1 Å². The Bertz CT molecular complexity index is 802. The number of hydrogen-bond donors (Lipinski definition) is 2. The van der Waals surface area contributed by atoms with Gasteiger partial charge in [-0.1, -0.05) is 0 Å². The molecule has 0 fully saturated rings. The highest BCUT2D eigenvalue weighted by atomic mass is 127. The highest BCUT2D eigenvalue weighted by Gasteiger charge is 2.51. The summed E-state index contributed by atoms with van der Waals surface area (Å²) in [5.41, 5.74) is 0.293. The average molecular weight is 715 g/mol.